The molecule has 0 bridgehead atoms. The first kappa shape index (κ1) is 22.6. The number of pyridine rings is 2. The number of methoxy groups -OCH3 is 1. The summed E-state index contributed by atoms with van der Waals surface area (Å²) in [5, 5.41) is 16.5. The Hall–Kier alpha value is -4.16. The van der Waals surface area contributed by atoms with E-state index in [1.54, 1.807) is 36.3 Å². The van der Waals surface area contributed by atoms with Gasteiger partial charge in [-0.2, -0.15) is 0 Å². The van der Waals surface area contributed by atoms with Gasteiger partial charge in [-0.15, -0.1) is 0 Å². The topological polar surface area (TPSA) is 149 Å². The van der Waals surface area contributed by atoms with Crippen molar-refractivity contribution in [3.8, 4) is 17.1 Å². The highest BCUT2D eigenvalue weighted by atomic mass is 16.5. The molecule has 0 aliphatic carbocycles. The lowest BCUT2D eigenvalue weighted by Gasteiger charge is -2.17. The van der Waals surface area contributed by atoms with Crippen molar-refractivity contribution in [3.05, 3.63) is 54.9 Å². The van der Waals surface area contributed by atoms with Crippen LogP contribution in [0.25, 0.3) is 22.6 Å². The molecule has 180 valence electrons. The monoisotopic (exact) mass is 476 g/mol. The number of carbonyl (C=O) groups is 1. The van der Waals surface area contributed by atoms with Gasteiger partial charge in [0.1, 0.15) is 18.0 Å². The Morgan fingerprint density at radius 2 is 2.17 bits per heavy atom. The Morgan fingerprint density at radius 1 is 1.29 bits per heavy atom. The average molecular weight is 476 g/mol. The van der Waals surface area contributed by atoms with Crippen LogP contribution in [0, 0.1) is 0 Å². The Bertz CT molecular complexity index is 1350. The lowest BCUT2D eigenvalue weighted by Crippen LogP contribution is -2.31. The van der Waals surface area contributed by atoms with E-state index in [1.807, 2.05) is 18.2 Å². The number of carbonyl (C=O) groups excluding carboxylic acids is 1. The molecule has 1 saturated heterocycles. The van der Waals surface area contributed by atoms with Crippen LogP contribution in [-0.2, 0) is 16.1 Å². The van der Waals surface area contributed by atoms with Crippen molar-refractivity contribution in [2.45, 2.75) is 31.4 Å². The van der Waals surface area contributed by atoms with Gasteiger partial charge in [-0.3, -0.25) is 19.3 Å². The molecule has 1 aliphatic heterocycles. The van der Waals surface area contributed by atoms with Gasteiger partial charge in [-0.05, 0) is 18.2 Å². The number of ether oxygens (including phenoxy) is 2. The minimum Gasteiger partial charge on any atom is -0.495 e. The summed E-state index contributed by atoms with van der Waals surface area (Å²) < 4.78 is 12.8. The maximum absolute atomic E-state index is 12.1. The number of aliphatic hydroxyl groups is 1. The lowest BCUT2D eigenvalue weighted by molar-refractivity contribution is -0.134. The van der Waals surface area contributed by atoms with Crippen molar-refractivity contribution in [1.82, 2.24) is 34.8 Å². The molecular formula is C23H24N8O4. The second kappa shape index (κ2) is 9.60. The van der Waals surface area contributed by atoms with Gasteiger partial charge in [-0.25, -0.2) is 15.0 Å². The number of fused-ring (bicyclic) bond motifs is 1. The predicted molar refractivity (Wildman–Crippen MR) is 125 cm³/mol. The molecule has 5 rings (SSSR count). The fraction of sp³-hybridized carbons (Fsp3) is 0.304. The third-order valence-electron chi connectivity index (χ3n) is 5.69. The zero-order valence-corrected chi connectivity index (χ0v) is 19.1. The summed E-state index contributed by atoms with van der Waals surface area (Å²) in [6, 6.07) is 7.43. The van der Waals surface area contributed by atoms with Crippen LogP contribution in [0.2, 0.25) is 0 Å². The van der Waals surface area contributed by atoms with Gasteiger partial charge in [0, 0.05) is 31.4 Å². The largest absolute Gasteiger partial charge is 0.495 e. The number of amides is 1. The smallest absolute Gasteiger partial charge is 0.249 e. The van der Waals surface area contributed by atoms with E-state index >= 15 is 0 Å². The summed E-state index contributed by atoms with van der Waals surface area (Å²) in [6.07, 6.45) is 4.10. The van der Waals surface area contributed by atoms with E-state index in [0.29, 0.717) is 40.7 Å². The van der Waals surface area contributed by atoms with Gasteiger partial charge in [-0.1, -0.05) is 6.07 Å². The zero-order chi connectivity index (χ0) is 24.4. The molecule has 0 saturated carbocycles. The van der Waals surface area contributed by atoms with Crippen molar-refractivity contribution in [2.24, 2.45) is 0 Å². The Labute approximate surface area is 200 Å². The van der Waals surface area contributed by atoms with Crippen LogP contribution in [0.15, 0.2) is 49.2 Å². The summed E-state index contributed by atoms with van der Waals surface area (Å²) >= 11 is 0. The quantitative estimate of drug-likeness (QED) is 0.356. The molecule has 4 aromatic heterocycles. The van der Waals surface area contributed by atoms with Crippen LogP contribution >= 0.6 is 0 Å². The third-order valence-corrected chi connectivity index (χ3v) is 5.69. The fourth-order valence-corrected chi connectivity index (χ4v) is 3.92. The number of likely N-dealkylation sites (N-methyl/N-ethyl adjacent to an activating group) is 1. The summed E-state index contributed by atoms with van der Waals surface area (Å²) in [5.41, 5.74) is 2.38. The summed E-state index contributed by atoms with van der Waals surface area (Å²) in [4.78, 5) is 34.5. The van der Waals surface area contributed by atoms with Crippen molar-refractivity contribution in [1.29, 1.82) is 0 Å². The number of imidazole rings is 1. The summed E-state index contributed by atoms with van der Waals surface area (Å²) in [5.74, 6) is 1.12. The molecule has 0 radical (unpaired) electrons. The van der Waals surface area contributed by atoms with Crippen molar-refractivity contribution in [2.75, 3.05) is 19.5 Å². The molecule has 0 spiro atoms. The van der Waals surface area contributed by atoms with E-state index in [9.17, 15) is 9.90 Å². The SMILES string of the molecule is CNC(=O)[C@@H]1C[C@@H](O)[C@H](n2cnc3c(NCc4ccccn4)nc(-c4cncc(OC)c4)nc32)O1. The Kier molecular flexibility index (Phi) is 6.21. The van der Waals surface area contributed by atoms with Crippen LogP contribution < -0.4 is 15.4 Å². The van der Waals surface area contributed by atoms with Gasteiger partial charge >= 0.3 is 0 Å². The standard InChI is InChI=1S/C23H24N8O4/c1-24-22(33)17-8-16(32)23(35-17)31-12-28-18-20(27-10-14-5-3-4-6-26-14)29-19(30-21(18)31)13-7-15(34-2)11-25-9-13/h3-7,9,11-12,16-17,23,32H,8,10H2,1-2H3,(H,24,33)(H,27,29,30)/t16-,17+,23-/m1/s1. The molecule has 4 aromatic rings. The highest BCUT2D eigenvalue weighted by Crippen LogP contribution is 2.33. The zero-order valence-electron chi connectivity index (χ0n) is 19.1. The molecule has 3 N–H and O–H groups in total. The summed E-state index contributed by atoms with van der Waals surface area (Å²) in [6.45, 7) is 0.414. The predicted octanol–water partition coefficient (Wildman–Crippen LogP) is 1.30. The van der Waals surface area contributed by atoms with Crippen molar-refractivity contribution < 1.29 is 19.4 Å². The molecule has 1 aliphatic rings. The highest BCUT2D eigenvalue weighted by molar-refractivity contribution is 5.85. The normalized spacial score (nSPS) is 19.6. The van der Waals surface area contributed by atoms with E-state index in [-0.39, 0.29) is 12.3 Å². The van der Waals surface area contributed by atoms with Crippen LogP contribution in [0.1, 0.15) is 18.3 Å². The Balaban J connectivity index is 1.57. The van der Waals surface area contributed by atoms with Crippen molar-refractivity contribution in [3.63, 3.8) is 0 Å². The molecule has 12 heteroatoms. The van der Waals surface area contributed by atoms with Gasteiger partial charge < -0.3 is 25.2 Å². The molecule has 12 nitrogen and oxygen atoms in total. The van der Waals surface area contributed by atoms with Crippen molar-refractivity contribution >= 4 is 22.9 Å². The van der Waals surface area contributed by atoms with E-state index in [4.69, 9.17) is 14.5 Å². The van der Waals surface area contributed by atoms with E-state index < -0.39 is 18.4 Å². The van der Waals surface area contributed by atoms with E-state index in [0.717, 1.165) is 5.69 Å². The van der Waals surface area contributed by atoms with Gasteiger partial charge in [0.2, 0.25) is 5.91 Å². The fourth-order valence-electron chi connectivity index (χ4n) is 3.92. The van der Waals surface area contributed by atoms with Gasteiger partial charge in [0.15, 0.2) is 29.0 Å². The number of aromatic nitrogens is 6. The average Bonchev–Trinajstić information content (AvgIpc) is 3.50. The first-order valence-electron chi connectivity index (χ1n) is 11.0. The van der Waals surface area contributed by atoms with Gasteiger partial charge in [0.05, 0.1) is 31.9 Å². The molecule has 35 heavy (non-hydrogen) atoms. The van der Waals surface area contributed by atoms with Crippen LogP contribution in [0.4, 0.5) is 5.82 Å². The minimum atomic E-state index is -0.920. The maximum atomic E-state index is 12.1. The number of rotatable bonds is 7. The second-order valence-electron chi connectivity index (χ2n) is 7.94. The molecule has 1 amide bonds. The first-order valence-corrected chi connectivity index (χ1v) is 11.0. The van der Waals surface area contributed by atoms with Crippen LogP contribution in [0.5, 0.6) is 5.75 Å². The molecule has 5 heterocycles. The molecule has 3 atom stereocenters. The molecular weight excluding hydrogens is 452 g/mol. The second-order valence-corrected chi connectivity index (χ2v) is 7.94. The number of hydrogen-bond donors (Lipinski definition) is 3. The molecule has 1 fully saturated rings. The molecule has 0 unspecified atom stereocenters. The Morgan fingerprint density at radius 3 is 2.94 bits per heavy atom. The number of nitrogens with zero attached hydrogens (tertiary/aromatic N) is 6. The van der Waals surface area contributed by atoms with Crippen LogP contribution in [-0.4, -0.2) is 66.9 Å². The van der Waals surface area contributed by atoms with Gasteiger partial charge in [0.25, 0.3) is 0 Å². The number of aliphatic hydroxyl groups excluding tert-OH is 1. The summed E-state index contributed by atoms with van der Waals surface area (Å²) in [7, 11) is 3.08. The molecule has 0 aromatic carbocycles. The first-order chi connectivity index (χ1) is 17.1. The lowest BCUT2D eigenvalue weighted by atomic mass is 10.2. The minimum absolute atomic E-state index is 0.159. The number of nitrogens with one attached hydrogen (secondary N) is 2. The number of hydrogen-bond acceptors (Lipinski definition) is 10. The van der Waals surface area contributed by atoms with E-state index in [1.165, 1.54) is 13.4 Å². The van der Waals surface area contributed by atoms with E-state index in [2.05, 4.69) is 30.6 Å². The van der Waals surface area contributed by atoms with Crippen LogP contribution in [0.3, 0.4) is 0 Å². The maximum Gasteiger partial charge on any atom is 0.249 e. The third kappa shape index (κ3) is 4.48. The highest BCUT2D eigenvalue weighted by Gasteiger charge is 2.39. The number of anilines is 1.